The zero-order valence-electron chi connectivity index (χ0n) is 12.8. The monoisotopic (exact) mass is 279 g/mol. The summed E-state index contributed by atoms with van der Waals surface area (Å²) in [6.07, 6.45) is 2.18. The topological polar surface area (TPSA) is 56.6 Å². The van der Waals surface area contributed by atoms with Gasteiger partial charge >= 0.3 is 0 Å². The first kappa shape index (κ1) is 15.3. The lowest BCUT2D eigenvalue weighted by atomic mass is 9.92. The first-order valence-corrected chi connectivity index (χ1v) is 7.50. The van der Waals surface area contributed by atoms with Crippen molar-refractivity contribution in [3.8, 4) is 6.07 Å². The molecule has 0 saturated carbocycles. The van der Waals surface area contributed by atoms with Crippen molar-refractivity contribution in [1.82, 2.24) is 9.80 Å². The molecule has 2 aliphatic heterocycles. The van der Waals surface area contributed by atoms with E-state index in [-0.39, 0.29) is 11.9 Å². The second-order valence-corrected chi connectivity index (χ2v) is 6.42. The van der Waals surface area contributed by atoms with Crippen molar-refractivity contribution in [3.63, 3.8) is 0 Å². The lowest BCUT2D eigenvalue weighted by Gasteiger charge is -2.45. The summed E-state index contributed by atoms with van der Waals surface area (Å²) in [4.78, 5) is 16.8. The van der Waals surface area contributed by atoms with Gasteiger partial charge < -0.3 is 9.64 Å². The Morgan fingerprint density at radius 2 is 1.95 bits per heavy atom. The summed E-state index contributed by atoms with van der Waals surface area (Å²) < 4.78 is 5.41. The third-order valence-electron chi connectivity index (χ3n) is 4.44. The van der Waals surface area contributed by atoms with Crippen LogP contribution in [0.3, 0.4) is 0 Å². The number of nitriles is 1. The van der Waals surface area contributed by atoms with Crippen molar-refractivity contribution >= 4 is 5.91 Å². The maximum absolute atomic E-state index is 12.4. The first-order valence-electron chi connectivity index (χ1n) is 7.50. The fourth-order valence-corrected chi connectivity index (χ4v) is 3.08. The van der Waals surface area contributed by atoms with E-state index < -0.39 is 5.41 Å². The quantitative estimate of drug-likeness (QED) is 0.763. The number of hydrogen-bond acceptors (Lipinski definition) is 4. The Kier molecular flexibility index (Phi) is 4.66. The Morgan fingerprint density at radius 3 is 2.50 bits per heavy atom. The third kappa shape index (κ3) is 3.13. The van der Waals surface area contributed by atoms with E-state index in [1.54, 1.807) is 13.8 Å². The van der Waals surface area contributed by atoms with Crippen LogP contribution in [0.5, 0.6) is 0 Å². The molecule has 0 radical (unpaired) electrons. The Bertz CT molecular complexity index is 396. The van der Waals surface area contributed by atoms with Gasteiger partial charge in [-0.15, -0.1) is 0 Å². The lowest BCUT2D eigenvalue weighted by Crippen LogP contribution is -2.59. The van der Waals surface area contributed by atoms with Crippen LogP contribution in [0.2, 0.25) is 0 Å². The molecule has 1 atom stereocenters. The highest BCUT2D eigenvalue weighted by Gasteiger charge is 2.38. The van der Waals surface area contributed by atoms with Gasteiger partial charge in [-0.25, -0.2) is 0 Å². The molecule has 0 spiro atoms. The summed E-state index contributed by atoms with van der Waals surface area (Å²) in [5.74, 6) is -0.0425. The number of hydrogen-bond donors (Lipinski definition) is 0. The van der Waals surface area contributed by atoms with E-state index in [0.717, 1.165) is 45.7 Å². The van der Waals surface area contributed by atoms with Gasteiger partial charge in [-0.3, -0.25) is 9.69 Å². The van der Waals surface area contributed by atoms with Crippen LogP contribution in [-0.4, -0.2) is 60.6 Å². The van der Waals surface area contributed by atoms with E-state index in [0.29, 0.717) is 6.04 Å². The average Bonchev–Trinajstić information content (AvgIpc) is 2.47. The highest BCUT2D eigenvalue weighted by Crippen LogP contribution is 2.24. The Labute approximate surface area is 121 Å². The molecule has 5 heteroatoms. The van der Waals surface area contributed by atoms with Crippen molar-refractivity contribution < 1.29 is 9.53 Å². The van der Waals surface area contributed by atoms with E-state index in [1.165, 1.54) is 0 Å². The van der Waals surface area contributed by atoms with Crippen molar-refractivity contribution in [2.75, 3.05) is 32.8 Å². The summed E-state index contributed by atoms with van der Waals surface area (Å²) in [7, 11) is 0. The number of piperazine rings is 1. The molecule has 0 aromatic carbocycles. The molecule has 0 aliphatic carbocycles. The molecular formula is C15H25N3O2. The Balaban J connectivity index is 1.95. The van der Waals surface area contributed by atoms with Gasteiger partial charge in [0.15, 0.2) is 0 Å². The molecule has 0 N–H and O–H groups in total. The standard InChI is InChI=1S/C15H25N3O2/c1-12-10-17(13-4-8-20-9-5-13)6-7-18(12)14(19)15(2,3)11-16/h12-13H,4-10H2,1-3H3/t12-/m1/s1. The van der Waals surface area contributed by atoms with Crippen LogP contribution in [0.4, 0.5) is 0 Å². The van der Waals surface area contributed by atoms with Crippen LogP contribution in [0.1, 0.15) is 33.6 Å². The summed E-state index contributed by atoms with van der Waals surface area (Å²) >= 11 is 0. The third-order valence-corrected chi connectivity index (χ3v) is 4.44. The fraction of sp³-hybridized carbons (Fsp3) is 0.867. The SMILES string of the molecule is C[C@@H]1CN(C2CCOCC2)CCN1C(=O)C(C)(C)C#N. The van der Waals surface area contributed by atoms with E-state index in [9.17, 15) is 4.79 Å². The summed E-state index contributed by atoms with van der Waals surface area (Å²) in [5, 5.41) is 9.12. The van der Waals surface area contributed by atoms with Crippen LogP contribution in [-0.2, 0) is 9.53 Å². The molecule has 112 valence electrons. The number of rotatable bonds is 2. The summed E-state index contributed by atoms with van der Waals surface area (Å²) in [6.45, 7) is 9.71. The molecule has 2 rings (SSSR count). The molecule has 0 unspecified atom stereocenters. The number of ether oxygens (including phenoxy) is 1. The first-order chi connectivity index (χ1) is 9.45. The average molecular weight is 279 g/mol. The lowest BCUT2D eigenvalue weighted by molar-refractivity contribution is -0.143. The van der Waals surface area contributed by atoms with Crippen LogP contribution < -0.4 is 0 Å². The van der Waals surface area contributed by atoms with Gasteiger partial charge in [-0.05, 0) is 33.6 Å². The van der Waals surface area contributed by atoms with Crippen LogP contribution in [0.25, 0.3) is 0 Å². The van der Waals surface area contributed by atoms with Gasteiger partial charge in [0.2, 0.25) is 5.91 Å². The second-order valence-electron chi connectivity index (χ2n) is 6.42. The predicted octanol–water partition coefficient (Wildman–Crippen LogP) is 1.25. The number of carbonyl (C=O) groups excluding carboxylic acids is 1. The Hall–Kier alpha value is -1.12. The molecule has 0 aromatic rings. The number of amides is 1. The summed E-state index contributed by atoms with van der Waals surface area (Å²) in [6, 6.07) is 2.88. The second kappa shape index (κ2) is 6.11. The van der Waals surface area contributed by atoms with Crippen molar-refractivity contribution in [3.05, 3.63) is 0 Å². The Morgan fingerprint density at radius 1 is 1.30 bits per heavy atom. The zero-order chi connectivity index (χ0) is 14.8. The minimum Gasteiger partial charge on any atom is -0.381 e. The molecule has 2 aliphatic rings. The van der Waals surface area contributed by atoms with Gasteiger partial charge in [0.25, 0.3) is 0 Å². The van der Waals surface area contributed by atoms with Crippen molar-refractivity contribution in [2.24, 2.45) is 5.41 Å². The highest BCUT2D eigenvalue weighted by molar-refractivity contribution is 5.85. The predicted molar refractivity (Wildman–Crippen MR) is 76.0 cm³/mol. The maximum Gasteiger partial charge on any atom is 0.242 e. The molecule has 2 saturated heterocycles. The van der Waals surface area contributed by atoms with E-state index in [1.807, 2.05) is 4.90 Å². The number of nitrogens with zero attached hydrogens (tertiary/aromatic N) is 3. The van der Waals surface area contributed by atoms with E-state index in [2.05, 4.69) is 17.9 Å². The van der Waals surface area contributed by atoms with E-state index >= 15 is 0 Å². The fourth-order valence-electron chi connectivity index (χ4n) is 3.08. The van der Waals surface area contributed by atoms with Gasteiger partial charge in [0.1, 0.15) is 5.41 Å². The van der Waals surface area contributed by atoms with Crippen LogP contribution in [0.15, 0.2) is 0 Å². The number of carbonyl (C=O) groups is 1. The van der Waals surface area contributed by atoms with Gasteiger partial charge in [0, 0.05) is 44.9 Å². The van der Waals surface area contributed by atoms with Gasteiger partial charge in [-0.1, -0.05) is 0 Å². The molecular weight excluding hydrogens is 254 g/mol. The molecule has 1 amide bonds. The van der Waals surface area contributed by atoms with Gasteiger partial charge in [0.05, 0.1) is 6.07 Å². The molecule has 2 heterocycles. The normalized spacial score (nSPS) is 26.3. The molecule has 0 aromatic heterocycles. The smallest absolute Gasteiger partial charge is 0.242 e. The van der Waals surface area contributed by atoms with Crippen LogP contribution >= 0.6 is 0 Å². The largest absolute Gasteiger partial charge is 0.381 e. The maximum atomic E-state index is 12.4. The molecule has 5 nitrogen and oxygen atoms in total. The minimum absolute atomic E-state index is 0.0425. The highest BCUT2D eigenvalue weighted by atomic mass is 16.5. The van der Waals surface area contributed by atoms with Crippen molar-refractivity contribution in [1.29, 1.82) is 5.26 Å². The minimum atomic E-state index is -0.922. The van der Waals surface area contributed by atoms with Crippen molar-refractivity contribution in [2.45, 2.75) is 45.7 Å². The van der Waals surface area contributed by atoms with E-state index in [4.69, 9.17) is 10.00 Å². The summed E-state index contributed by atoms with van der Waals surface area (Å²) in [5.41, 5.74) is -0.922. The molecule has 20 heavy (non-hydrogen) atoms. The molecule has 2 fully saturated rings. The zero-order valence-corrected chi connectivity index (χ0v) is 12.8. The van der Waals surface area contributed by atoms with Crippen LogP contribution in [0, 0.1) is 16.7 Å². The molecule has 0 bridgehead atoms. The van der Waals surface area contributed by atoms with Gasteiger partial charge in [-0.2, -0.15) is 5.26 Å².